The number of ether oxygens (including phenoxy) is 2. The van der Waals surface area contributed by atoms with Gasteiger partial charge in [0.15, 0.2) is 10.3 Å². The first-order valence-electron chi connectivity index (χ1n) is 15.2. The fourth-order valence-corrected chi connectivity index (χ4v) is 7.46. The number of nitrogen functional groups attached to an aromatic ring is 1. The van der Waals surface area contributed by atoms with Crippen LogP contribution in [0.3, 0.4) is 0 Å². The molecule has 0 radical (unpaired) electrons. The van der Waals surface area contributed by atoms with Crippen molar-refractivity contribution in [1.82, 2.24) is 9.97 Å². The third-order valence-electron chi connectivity index (χ3n) is 6.67. The molecule has 0 fully saturated rings. The van der Waals surface area contributed by atoms with Gasteiger partial charge < -0.3 is 25.3 Å². The Morgan fingerprint density at radius 3 is 1.78 bits per heavy atom. The molecule has 6 aromatic rings. The van der Waals surface area contributed by atoms with Crippen LogP contribution in [0.1, 0.15) is 43.3 Å². The first kappa shape index (κ1) is 37.1. The summed E-state index contributed by atoms with van der Waals surface area (Å²) in [5.41, 5.74) is 9.81. The number of aryl methyl sites for hydroxylation is 2. The Labute approximate surface area is 301 Å². The van der Waals surface area contributed by atoms with E-state index < -0.39 is 0 Å². The predicted molar refractivity (Wildman–Crippen MR) is 202 cm³/mol. The minimum Gasteiger partial charge on any atom is -0.465 e. The van der Waals surface area contributed by atoms with Gasteiger partial charge in [0.2, 0.25) is 0 Å². The van der Waals surface area contributed by atoms with Gasteiger partial charge in [-0.3, -0.25) is 0 Å². The first-order valence-corrected chi connectivity index (χ1v) is 18.6. The maximum absolute atomic E-state index is 11.5. The Kier molecular flexibility index (Phi) is 15.1. The van der Waals surface area contributed by atoms with Crippen LogP contribution < -0.4 is 11.1 Å². The molecule has 13 heteroatoms. The van der Waals surface area contributed by atoms with Crippen LogP contribution in [0.5, 0.6) is 0 Å². The summed E-state index contributed by atoms with van der Waals surface area (Å²) in [6.07, 6.45) is 4.56. The summed E-state index contributed by atoms with van der Waals surface area (Å²) < 4.78 is 9.35. The van der Waals surface area contributed by atoms with Crippen LogP contribution in [0.25, 0.3) is 21.1 Å². The number of nitrogens with one attached hydrogen (secondary N) is 1. The predicted octanol–water partition coefficient (Wildman–Crippen LogP) is 8.76. The van der Waals surface area contributed by atoms with Crippen molar-refractivity contribution in [3.05, 3.63) is 117 Å². The van der Waals surface area contributed by atoms with Gasteiger partial charge in [0.05, 0.1) is 35.4 Å². The standard InChI is InChI=1S/C18H18N2O2S2.C9H8N2O2S2.C9H10O/c1-22-17(21)16-10-9-15(24-16)14-12-23-18(20-14)19-11-5-8-13-6-3-2-4-7-13;1-13-8(12)7-3-2-6(15-7)5-4-14-9(10)11-5;10-8-4-7-9-5-2-1-3-6-9/h2-4,6-7,9-10,12H,5,8,11H2,1H3,(H,19,20);2-4H,1H3,(H2,10,11);1-3,5-6,8H,4,7H2. The van der Waals surface area contributed by atoms with E-state index in [1.54, 1.807) is 23.5 Å². The largest absolute Gasteiger partial charge is 0.465 e. The molecule has 0 aliphatic carbocycles. The maximum Gasteiger partial charge on any atom is 0.348 e. The highest BCUT2D eigenvalue weighted by Crippen LogP contribution is 2.31. The molecule has 0 saturated heterocycles. The van der Waals surface area contributed by atoms with Crippen molar-refractivity contribution in [3.8, 4) is 21.1 Å². The number of carbonyl (C=O) groups excluding carboxylic acids is 3. The summed E-state index contributed by atoms with van der Waals surface area (Å²) in [6, 6.07) is 27.7. The first-order chi connectivity index (χ1) is 23.9. The Hall–Kier alpha value is -4.69. The quantitative estimate of drug-likeness (QED) is 0.0720. The second kappa shape index (κ2) is 20.0. The second-order valence-corrected chi connectivity index (χ2v) is 14.0. The lowest BCUT2D eigenvalue weighted by Gasteiger charge is -2.02. The van der Waals surface area contributed by atoms with Crippen LogP contribution in [0.4, 0.5) is 10.3 Å². The molecule has 9 nitrogen and oxygen atoms in total. The third-order valence-corrected chi connectivity index (χ3v) is 10.3. The Bertz CT molecular complexity index is 1880. The Balaban J connectivity index is 0.000000184. The van der Waals surface area contributed by atoms with E-state index in [0.29, 0.717) is 21.3 Å². The van der Waals surface area contributed by atoms with E-state index in [9.17, 15) is 14.4 Å². The van der Waals surface area contributed by atoms with Gasteiger partial charge in [-0.1, -0.05) is 60.7 Å². The maximum atomic E-state index is 11.5. The topological polar surface area (TPSA) is 134 Å². The van der Waals surface area contributed by atoms with E-state index in [1.165, 1.54) is 59.4 Å². The molecule has 4 heterocycles. The minimum absolute atomic E-state index is 0.305. The number of thiophene rings is 2. The minimum atomic E-state index is -0.325. The van der Waals surface area contributed by atoms with Crippen LogP contribution in [0, 0.1) is 0 Å². The highest BCUT2D eigenvalue weighted by atomic mass is 32.1. The number of carbonyl (C=O) groups is 3. The van der Waals surface area contributed by atoms with Gasteiger partial charge in [-0.05, 0) is 54.7 Å². The van der Waals surface area contributed by atoms with Crippen LogP contribution in [0.15, 0.2) is 95.7 Å². The fraction of sp³-hybridized carbons (Fsp3) is 0.194. The van der Waals surface area contributed by atoms with Crippen molar-refractivity contribution in [2.75, 3.05) is 31.8 Å². The number of nitrogens with zero attached hydrogens (tertiary/aromatic N) is 2. The van der Waals surface area contributed by atoms with Crippen molar-refractivity contribution >= 4 is 73.8 Å². The number of anilines is 2. The third kappa shape index (κ3) is 12.1. The molecule has 49 heavy (non-hydrogen) atoms. The number of hydrogen-bond donors (Lipinski definition) is 2. The molecule has 0 spiro atoms. The SMILES string of the molecule is COC(=O)c1ccc(-c2csc(N)n2)s1.COC(=O)c1ccc(-c2csc(NCCCc3ccccc3)n2)s1.O=CCCc1ccccc1. The number of thiazole rings is 2. The van der Waals surface area contributed by atoms with Crippen molar-refractivity contribution in [3.63, 3.8) is 0 Å². The van der Waals surface area contributed by atoms with Gasteiger partial charge in [-0.2, -0.15) is 0 Å². The average molecular weight is 733 g/mol. The van der Waals surface area contributed by atoms with Crippen molar-refractivity contribution in [1.29, 1.82) is 0 Å². The van der Waals surface area contributed by atoms with Crippen LogP contribution in [-0.4, -0.2) is 49.0 Å². The van der Waals surface area contributed by atoms with Crippen LogP contribution >= 0.6 is 45.3 Å². The van der Waals surface area contributed by atoms with Gasteiger partial charge in [0.1, 0.15) is 16.0 Å². The van der Waals surface area contributed by atoms with Gasteiger partial charge in [0, 0.05) is 23.7 Å². The molecule has 0 amide bonds. The monoisotopic (exact) mass is 732 g/mol. The van der Waals surface area contributed by atoms with E-state index in [1.807, 2.05) is 59.3 Å². The summed E-state index contributed by atoms with van der Waals surface area (Å²) in [6.45, 7) is 0.889. The highest BCUT2D eigenvalue weighted by molar-refractivity contribution is 7.18. The summed E-state index contributed by atoms with van der Waals surface area (Å²) in [5, 5.41) is 8.67. The lowest BCUT2D eigenvalue weighted by atomic mass is 10.1. The van der Waals surface area contributed by atoms with Crippen LogP contribution in [0.2, 0.25) is 0 Å². The van der Waals surface area contributed by atoms with Crippen molar-refractivity contribution in [2.24, 2.45) is 0 Å². The number of hydrogen-bond acceptors (Lipinski definition) is 13. The van der Waals surface area contributed by atoms with E-state index in [4.69, 9.17) is 10.5 Å². The lowest BCUT2D eigenvalue weighted by Crippen LogP contribution is -2.02. The molecule has 0 bridgehead atoms. The zero-order valence-corrected chi connectivity index (χ0v) is 30.3. The number of esters is 2. The molecular weight excluding hydrogens is 697 g/mol. The molecule has 6 rings (SSSR count). The summed E-state index contributed by atoms with van der Waals surface area (Å²) in [5.74, 6) is -0.629. The lowest BCUT2D eigenvalue weighted by molar-refractivity contribution is -0.107. The molecule has 2 aromatic carbocycles. The summed E-state index contributed by atoms with van der Waals surface area (Å²) in [7, 11) is 2.75. The second-order valence-electron chi connectivity index (χ2n) is 10.1. The van der Waals surface area contributed by atoms with Gasteiger partial charge in [0.25, 0.3) is 0 Å². The molecule has 0 aliphatic rings. The smallest absolute Gasteiger partial charge is 0.348 e. The molecule has 254 valence electrons. The van der Waals surface area contributed by atoms with E-state index in [-0.39, 0.29) is 11.9 Å². The number of rotatable bonds is 12. The van der Waals surface area contributed by atoms with Crippen molar-refractivity contribution < 1.29 is 23.9 Å². The normalized spacial score (nSPS) is 10.2. The molecular formula is C36H36N4O5S4. The van der Waals surface area contributed by atoms with E-state index in [2.05, 4.69) is 44.3 Å². The molecule has 3 N–H and O–H groups in total. The zero-order valence-electron chi connectivity index (χ0n) is 27.0. The van der Waals surface area contributed by atoms with Gasteiger partial charge in [-0.25, -0.2) is 19.6 Å². The molecule has 4 aromatic heterocycles. The number of aromatic nitrogens is 2. The summed E-state index contributed by atoms with van der Waals surface area (Å²) in [4.78, 5) is 44.5. The zero-order chi connectivity index (χ0) is 34.8. The Morgan fingerprint density at radius 2 is 1.27 bits per heavy atom. The summed E-state index contributed by atoms with van der Waals surface area (Å²) >= 11 is 5.71. The van der Waals surface area contributed by atoms with Gasteiger partial charge in [-0.15, -0.1) is 45.3 Å². The van der Waals surface area contributed by atoms with E-state index >= 15 is 0 Å². The molecule has 0 aliphatic heterocycles. The highest BCUT2D eigenvalue weighted by Gasteiger charge is 2.13. The molecule has 0 saturated carbocycles. The van der Waals surface area contributed by atoms with E-state index in [0.717, 1.165) is 58.4 Å². The van der Waals surface area contributed by atoms with Gasteiger partial charge >= 0.3 is 11.9 Å². The number of benzene rings is 2. The average Bonchev–Trinajstić information content (AvgIpc) is 3.98. The molecule has 0 unspecified atom stereocenters. The number of methoxy groups -OCH3 is 2. The molecule has 0 atom stereocenters. The number of nitrogens with two attached hydrogens (primary N) is 1. The van der Waals surface area contributed by atoms with Crippen LogP contribution in [-0.2, 0) is 27.1 Å². The van der Waals surface area contributed by atoms with Crippen molar-refractivity contribution in [2.45, 2.75) is 25.7 Å². The fourth-order valence-electron chi connectivity index (χ4n) is 4.24. The number of aldehydes is 1. The Morgan fingerprint density at radius 1 is 0.735 bits per heavy atom.